The van der Waals surface area contributed by atoms with Crippen LogP contribution in [-0.2, 0) is 32.2 Å². The van der Waals surface area contributed by atoms with Crippen LogP contribution in [0.1, 0.15) is 124 Å². The van der Waals surface area contributed by atoms with Crippen molar-refractivity contribution < 1.29 is 19.1 Å². The van der Waals surface area contributed by atoms with Gasteiger partial charge in [0.1, 0.15) is 11.9 Å². The van der Waals surface area contributed by atoms with Gasteiger partial charge in [-0.2, -0.15) is 0 Å². The molecular formula is C40H55NO4. The number of ketones is 1. The molecule has 4 fully saturated rings. The molecule has 0 bridgehead atoms. The lowest BCUT2D eigenvalue weighted by Gasteiger charge is -2.70. The number of amides is 1. The molecule has 45 heavy (non-hydrogen) atoms. The molecular weight excluding hydrogens is 558 g/mol. The molecule has 4 saturated carbocycles. The third-order valence-electron chi connectivity index (χ3n) is 15.1. The summed E-state index contributed by atoms with van der Waals surface area (Å²) in [5, 5.41) is 0. The molecule has 244 valence electrons. The average molecular weight is 614 g/mol. The number of Topliss-reactive ketones (excluding diaryl/α,β-unsaturated/α-hetero) is 1. The second-order valence-electron chi connectivity index (χ2n) is 17.7. The zero-order valence-corrected chi connectivity index (χ0v) is 29.1. The molecule has 0 saturated heterocycles. The highest BCUT2D eigenvalue weighted by Gasteiger charge is 2.70. The van der Waals surface area contributed by atoms with Crippen LogP contribution in [0.3, 0.4) is 0 Å². The lowest BCUT2D eigenvalue weighted by molar-refractivity contribution is -0.213. The second kappa shape index (κ2) is 10.0. The number of rotatable bonds is 3. The Bertz CT molecular complexity index is 1460. The zero-order chi connectivity index (χ0) is 32.3. The lowest BCUT2D eigenvalue weighted by atomic mass is 9.34. The average Bonchev–Trinajstić information content (AvgIpc) is 3.53. The van der Waals surface area contributed by atoms with Gasteiger partial charge in [0.25, 0.3) is 0 Å². The maximum atomic E-state index is 14.8. The van der Waals surface area contributed by atoms with Crippen LogP contribution < -0.4 is 0 Å². The van der Waals surface area contributed by atoms with Gasteiger partial charge in [-0.3, -0.25) is 14.4 Å². The van der Waals surface area contributed by atoms with E-state index in [2.05, 4.69) is 77.6 Å². The Hall–Kier alpha value is -2.43. The molecule has 5 heteroatoms. The molecule has 5 nitrogen and oxygen atoms in total. The molecule has 0 N–H and O–H groups in total. The molecule has 8 atom stereocenters. The summed E-state index contributed by atoms with van der Waals surface area (Å²) in [7, 11) is 0. The number of esters is 1. The van der Waals surface area contributed by atoms with E-state index in [1.54, 1.807) is 6.92 Å². The van der Waals surface area contributed by atoms with Crippen LogP contribution in [0.5, 0.6) is 0 Å². The molecule has 1 aromatic carbocycles. The van der Waals surface area contributed by atoms with E-state index >= 15 is 0 Å². The van der Waals surface area contributed by atoms with Gasteiger partial charge in [0.05, 0.1) is 5.41 Å². The summed E-state index contributed by atoms with van der Waals surface area (Å²) < 4.78 is 5.94. The fraction of sp³-hybridized carbons (Fsp3) is 0.725. The number of fused-ring (bicyclic) bond motifs is 7. The van der Waals surface area contributed by atoms with Crippen LogP contribution in [0.25, 0.3) is 0 Å². The van der Waals surface area contributed by atoms with E-state index in [1.165, 1.54) is 22.3 Å². The number of nitrogens with zero attached hydrogens (tertiary/aromatic N) is 1. The van der Waals surface area contributed by atoms with E-state index in [0.29, 0.717) is 31.3 Å². The van der Waals surface area contributed by atoms with Crippen molar-refractivity contribution in [3.05, 3.63) is 46.5 Å². The van der Waals surface area contributed by atoms with Gasteiger partial charge in [-0.05, 0) is 102 Å². The quantitative estimate of drug-likeness (QED) is 0.254. The SMILES string of the molecule is CC(=O)O[C@H]1CC[C@@]2(C)C(CC[C@]3(C)C2CCC2=C4C(C(C)C)C(=O)C[C@]4(C(=O)N4Cc5ccccc5C4)CC[C@]23C)C1(C)C. The van der Waals surface area contributed by atoms with E-state index in [4.69, 9.17) is 4.74 Å². The molecule has 3 unspecified atom stereocenters. The first kappa shape index (κ1) is 31.2. The summed E-state index contributed by atoms with van der Waals surface area (Å²) in [5.41, 5.74) is 4.69. The van der Waals surface area contributed by atoms with Gasteiger partial charge in [0, 0.05) is 37.8 Å². The minimum Gasteiger partial charge on any atom is -0.462 e. The summed E-state index contributed by atoms with van der Waals surface area (Å²) in [6.07, 6.45) is 8.52. The van der Waals surface area contributed by atoms with Gasteiger partial charge in [-0.1, -0.05) is 78.3 Å². The van der Waals surface area contributed by atoms with Crippen molar-refractivity contribution in [2.45, 2.75) is 132 Å². The van der Waals surface area contributed by atoms with Crippen molar-refractivity contribution in [1.29, 1.82) is 0 Å². The maximum absolute atomic E-state index is 14.8. The van der Waals surface area contributed by atoms with Crippen molar-refractivity contribution in [2.75, 3.05) is 0 Å². The molecule has 0 aromatic heterocycles. The number of benzene rings is 1. The van der Waals surface area contributed by atoms with Crippen molar-refractivity contribution in [2.24, 2.45) is 50.7 Å². The summed E-state index contributed by atoms with van der Waals surface area (Å²) >= 11 is 0. The zero-order valence-electron chi connectivity index (χ0n) is 29.1. The predicted octanol–water partition coefficient (Wildman–Crippen LogP) is 8.44. The summed E-state index contributed by atoms with van der Waals surface area (Å²) in [6.45, 7) is 19.6. The van der Waals surface area contributed by atoms with Gasteiger partial charge in [0.15, 0.2) is 0 Å². The van der Waals surface area contributed by atoms with Gasteiger partial charge in [-0.15, -0.1) is 0 Å². The van der Waals surface area contributed by atoms with E-state index in [1.807, 2.05) is 0 Å². The molecule has 1 amide bonds. The molecule has 6 aliphatic rings. The standard InChI is InChI=1S/C40H55NO4/c1-24(2)33-29(43)21-40(35(44)41-22-26-11-9-10-12-27(26)23-41)20-19-38(7)28(34(33)40)13-14-31-37(6)17-16-32(45-25(3)42)36(4,5)30(37)15-18-39(31,38)8/h9-12,24,30-33H,13-23H2,1-8H3/t30?,31?,32-,33?,37-,38+,39+,40+/m0/s1. The van der Waals surface area contributed by atoms with Crippen LogP contribution in [0.4, 0.5) is 0 Å². The second-order valence-corrected chi connectivity index (χ2v) is 17.7. The van der Waals surface area contributed by atoms with E-state index in [-0.39, 0.29) is 57.3 Å². The highest BCUT2D eigenvalue weighted by molar-refractivity contribution is 6.00. The fourth-order valence-electron chi connectivity index (χ4n) is 12.9. The first-order valence-electron chi connectivity index (χ1n) is 17.9. The van der Waals surface area contributed by atoms with Crippen LogP contribution in [-0.4, -0.2) is 28.7 Å². The Kier molecular flexibility index (Phi) is 6.95. The number of hydrogen-bond acceptors (Lipinski definition) is 4. The largest absolute Gasteiger partial charge is 0.462 e. The van der Waals surface area contributed by atoms with Crippen LogP contribution in [0, 0.1) is 50.7 Å². The minimum atomic E-state index is -0.683. The molecule has 7 rings (SSSR count). The Morgan fingerprint density at radius 1 is 0.889 bits per heavy atom. The number of allylic oxidation sites excluding steroid dienone is 1. The van der Waals surface area contributed by atoms with E-state index in [0.717, 1.165) is 51.4 Å². The van der Waals surface area contributed by atoms with Crippen LogP contribution in [0.15, 0.2) is 35.4 Å². The lowest BCUT2D eigenvalue weighted by Crippen LogP contribution is -2.64. The highest BCUT2D eigenvalue weighted by atomic mass is 16.5. The molecule has 5 aliphatic carbocycles. The normalized spacial score (nSPS) is 41.6. The Morgan fingerprint density at radius 2 is 1.56 bits per heavy atom. The van der Waals surface area contributed by atoms with Crippen molar-refractivity contribution in [3.8, 4) is 0 Å². The van der Waals surface area contributed by atoms with Gasteiger partial charge >= 0.3 is 5.97 Å². The van der Waals surface area contributed by atoms with Crippen molar-refractivity contribution in [3.63, 3.8) is 0 Å². The first-order chi connectivity index (χ1) is 21.1. The molecule has 1 aromatic rings. The van der Waals surface area contributed by atoms with Gasteiger partial charge < -0.3 is 9.64 Å². The van der Waals surface area contributed by atoms with E-state index < -0.39 is 5.41 Å². The summed E-state index contributed by atoms with van der Waals surface area (Å²) in [5.74, 6) is 1.41. The van der Waals surface area contributed by atoms with Gasteiger partial charge in [0.2, 0.25) is 5.91 Å². The van der Waals surface area contributed by atoms with E-state index in [9.17, 15) is 14.4 Å². The number of ether oxygens (including phenoxy) is 1. The maximum Gasteiger partial charge on any atom is 0.302 e. The number of hydrogen-bond donors (Lipinski definition) is 0. The minimum absolute atomic E-state index is 0.0244. The third kappa shape index (κ3) is 4.06. The van der Waals surface area contributed by atoms with Crippen LogP contribution >= 0.6 is 0 Å². The topological polar surface area (TPSA) is 63.7 Å². The van der Waals surface area contributed by atoms with Crippen LogP contribution in [0.2, 0.25) is 0 Å². The number of carbonyl (C=O) groups excluding carboxylic acids is 3. The third-order valence-corrected chi connectivity index (χ3v) is 15.1. The van der Waals surface area contributed by atoms with Gasteiger partial charge in [-0.25, -0.2) is 0 Å². The Morgan fingerprint density at radius 3 is 2.18 bits per heavy atom. The number of carbonyl (C=O) groups is 3. The molecule has 0 spiro atoms. The monoisotopic (exact) mass is 613 g/mol. The summed E-state index contributed by atoms with van der Waals surface area (Å²) in [6, 6.07) is 8.43. The van der Waals surface area contributed by atoms with Crippen molar-refractivity contribution >= 4 is 17.7 Å². The van der Waals surface area contributed by atoms with Crippen molar-refractivity contribution in [1.82, 2.24) is 4.90 Å². The smallest absolute Gasteiger partial charge is 0.302 e. The summed E-state index contributed by atoms with van der Waals surface area (Å²) in [4.78, 5) is 43.0. The Labute approximate surface area is 270 Å². The fourth-order valence-corrected chi connectivity index (χ4v) is 12.9. The molecule has 1 aliphatic heterocycles. The predicted molar refractivity (Wildman–Crippen MR) is 176 cm³/mol. The Balaban J connectivity index is 1.29. The first-order valence-corrected chi connectivity index (χ1v) is 17.9. The molecule has 1 heterocycles. The highest BCUT2D eigenvalue weighted by Crippen LogP contribution is 2.76. The molecule has 0 radical (unpaired) electrons.